The number of rotatable bonds is 8. The highest BCUT2D eigenvalue weighted by Gasteiger charge is 2.05. The fourth-order valence-electron chi connectivity index (χ4n) is 2.45. The number of guanidine groups is 1. The number of methoxy groups -OCH3 is 1. The zero-order chi connectivity index (χ0) is 20.4. The van der Waals surface area contributed by atoms with E-state index in [1.54, 1.807) is 44.4 Å². The molecule has 2 aromatic carbocycles. The lowest BCUT2D eigenvalue weighted by Crippen LogP contribution is -2.41. The Balaban J connectivity index is 1.81. The zero-order valence-electron chi connectivity index (χ0n) is 16.5. The highest BCUT2D eigenvalue weighted by atomic mass is 19.1. The number of amides is 1. The summed E-state index contributed by atoms with van der Waals surface area (Å²) in [5, 5.41) is 9.13. The smallest absolute Gasteiger partial charge is 0.251 e. The predicted molar refractivity (Wildman–Crippen MR) is 109 cm³/mol. The molecule has 0 fully saturated rings. The molecule has 0 atom stereocenters. The monoisotopic (exact) mass is 386 g/mol. The standard InChI is InChI=1S/C21H27FN4O2/c1-4-23-21(26-14-16-6-5-15(2)19(22)13-16)25-12-11-24-20(27)17-7-9-18(28-3)10-8-17/h5-10,13H,4,11-12,14H2,1-3H3,(H,24,27)(H2,23,25,26). The Morgan fingerprint density at radius 1 is 1.07 bits per heavy atom. The molecule has 28 heavy (non-hydrogen) atoms. The van der Waals surface area contributed by atoms with Crippen molar-refractivity contribution in [2.75, 3.05) is 26.7 Å². The zero-order valence-corrected chi connectivity index (χ0v) is 16.5. The summed E-state index contributed by atoms with van der Waals surface area (Å²) in [6.07, 6.45) is 0. The SMILES string of the molecule is CCNC(=NCc1ccc(C)c(F)c1)NCCNC(=O)c1ccc(OC)cc1. The third-order valence-corrected chi connectivity index (χ3v) is 4.06. The minimum Gasteiger partial charge on any atom is -0.497 e. The average Bonchev–Trinajstić information content (AvgIpc) is 2.71. The van der Waals surface area contributed by atoms with E-state index in [-0.39, 0.29) is 11.7 Å². The summed E-state index contributed by atoms with van der Waals surface area (Å²) in [5.41, 5.74) is 1.99. The molecule has 3 N–H and O–H groups in total. The van der Waals surface area contributed by atoms with Crippen LogP contribution in [0.4, 0.5) is 4.39 Å². The quantitative estimate of drug-likeness (QED) is 0.370. The molecule has 0 radical (unpaired) electrons. The van der Waals surface area contributed by atoms with Crippen molar-refractivity contribution in [3.05, 3.63) is 65.0 Å². The van der Waals surface area contributed by atoms with E-state index in [0.717, 1.165) is 5.56 Å². The molecule has 0 aliphatic carbocycles. The summed E-state index contributed by atoms with van der Waals surface area (Å²) in [6.45, 7) is 5.71. The number of hydrogen-bond acceptors (Lipinski definition) is 3. The Bertz CT molecular complexity index is 807. The molecule has 0 saturated heterocycles. The molecule has 0 aliphatic rings. The van der Waals surface area contributed by atoms with Gasteiger partial charge in [-0.15, -0.1) is 0 Å². The van der Waals surface area contributed by atoms with E-state index in [1.807, 2.05) is 13.0 Å². The van der Waals surface area contributed by atoms with Crippen molar-refractivity contribution < 1.29 is 13.9 Å². The molecule has 0 bridgehead atoms. The van der Waals surface area contributed by atoms with Crippen molar-refractivity contribution in [3.63, 3.8) is 0 Å². The van der Waals surface area contributed by atoms with Crippen LogP contribution in [0.3, 0.4) is 0 Å². The number of halogens is 1. The van der Waals surface area contributed by atoms with Crippen molar-refractivity contribution in [1.82, 2.24) is 16.0 Å². The topological polar surface area (TPSA) is 74.8 Å². The highest BCUT2D eigenvalue weighted by Crippen LogP contribution is 2.11. The summed E-state index contributed by atoms with van der Waals surface area (Å²) in [4.78, 5) is 16.6. The van der Waals surface area contributed by atoms with Crippen LogP contribution in [-0.4, -0.2) is 38.6 Å². The molecule has 6 nitrogen and oxygen atoms in total. The van der Waals surface area contributed by atoms with Gasteiger partial charge in [-0.3, -0.25) is 4.79 Å². The van der Waals surface area contributed by atoms with E-state index in [0.29, 0.717) is 49.0 Å². The van der Waals surface area contributed by atoms with Crippen LogP contribution in [-0.2, 0) is 6.54 Å². The van der Waals surface area contributed by atoms with Gasteiger partial charge in [0.25, 0.3) is 5.91 Å². The number of hydrogen-bond donors (Lipinski definition) is 3. The maximum atomic E-state index is 13.6. The molecule has 150 valence electrons. The van der Waals surface area contributed by atoms with Gasteiger partial charge >= 0.3 is 0 Å². The lowest BCUT2D eigenvalue weighted by molar-refractivity contribution is 0.0954. The van der Waals surface area contributed by atoms with Gasteiger partial charge in [0, 0.05) is 25.2 Å². The first kappa shape index (κ1) is 21.2. The van der Waals surface area contributed by atoms with Gasteiger partial charge < -0.3 is 20.7 Å². The lowest BCUT2D eigenvalue weighted by atomic mass is 10.1. The summed E-state index contributed by atoms with van der Waals surface area (Å²) in [6, 6.07) is 12.0. The third kappa shape index (κ3) is 6.57. The maximum absolute atomic E-state index is 13.6. The molecule has 7 heteroatoms. The van der Waals surface area contributed by atoms with E-state index >= 15 is 0 Å². The van der Waals surface area contributed by atoms with Gasteiger partial charge in [0.15, 0.2) is 5.96 Å². The predicted octanol–water partition coefficient (Wildman–Crippen LogP) is 2.63. The fraction of sp³-hybridized carbons (Fsp3) is 0.333. The minimum absolute atomic E-state index is 0.151. The van der Waals surface area contributed by atoms with Gasteiger partial charge in [-0.2, -0.15) is 0 Å². The first-order valence-electron chi connectivity index (χ1n) is 9.23. The second-order valence-electron chi connectivity index (χ2n) is 6.19. The number of carbonyl (C=O) groups excluding carboxylic acids is 1. The van der Waals surface area contributed by atoms with Crippen molar-refractivity contribution in [1.29, 1.82) is 0 Å². The second kappa shape index (κ2) is 10.9. The van der Waals surface area contributed by atoms with Gasteiger partial charge in [-0.25, -0.2) is 9.38 Å². The largest absolute Gasteiger partial charge is 0.497 e. The van der Waals surface area contributed by atoms with E-state index in [2.05, 4.69) is 20.9 Å². The average molecular weight is 386 g/mol. The maximum Gasteiger partial charge on any atom is 0.251 e. The van der Waals surface area contributed by atoms with Gasteiger partial charge in [0.05, 0.1) is 13.7 Å². The van der Waals surface area contributed by atoms with E-state index in [9.17, 15) is 9.18 Å². The second-order valence-corrected chi connectivity index (χ2v) is 6.19. The summed E-state index contributed by atoms with van der Waals surface area (Å²) in [5.74, 6) is 0.939. The molecule has 0 aliphatic heterocycles. The highest BCUT2D eigenvalue weighted by molar-refractivity contribution is 5.94. The number of nitrogens with zero attached hydrogens (tertiary/aromatic N) is 1. The van der Waals surface area contributed by atoms with Gasteiger partial charge in [-0.05, 0) is 55.3 Å². The Kier molecular flexibility index (Phi) is 8.27. The Morgan fingerprint density at radius 2 is 1.79 bits per heavy atom. The Hall–Kier alpha value is -3.09. The van der Waals surface area contributed by atoms with Crippen LogP contribution >= 0.6 is 0 Å². The molecule has 1 amide bonds. The normalized spacial score (nSPS) is 11.1. The first-order chi connectivity index (χ1) is 13.5. The van der Waals surface area contributed by atoms with Crippen LogP contribution in [0.15, 0.2) is 47.5 Å². The first-order valence-corrected chi connectivity index (χ1v) is 9.23. The van der Waals surface area contributed by atoms with Crippen LogP contribution < -0.4 is 20.7 Å². The van der Waals surface area contributed by atoms with Crippen molar-refractivity contribution in [2.24, 2.45) is 4.99 Å². The van der Waals surface area contributed by atoms with Crippen LogP contribution in [0.2, 0.25) is 0 Å². The van der Waals surface area contributed by atoms with Gasteiger partial charge in [-0.1, -0.05) is 12.1 Å². The molecule has 0 aromatic heterocycles. The summed E-state index contributed by atoms with van der Waals surface area (Å²) in [7, 11) is 1.58. The third-order valence-electron chi connectivity index (χ3n) is 4.06. The molecular formula is C21H27FN4O2. The summed E-state index contributed by atoms with van der Waals surface area (Å²) < 4.78 is 18.7. The molecule has 2 rings (SSSR count). The molecule has 0 spiro atoms. The summed E-state index contributed by atoms with van der Waals surface area (Å²) >= 11 is 0. The number of aliphatic imine (C=N–C) groups is 1. The lowest BCUT2D eigenvalue weighted by Gasteiger charge is -2.12. The fourth-order valence-corrected chi connectivity index (χ4v) is 2.45. The molecule has 0 unspecified atom stereocenters. The van der Waals surface area contributed by atoms with E-state index < -0.39 is 0 Å². The van der Waals surface area contributed by atoms with E-state index in [4.69, 9.17) is 4.74 Å². The van der Waals surface area contributed by atoms with Crippen LogP contribution in [0.5, 0.6) is 5.75 Å². The van der Waals surface area contributed by atoms with Crippen molar-refractivity contribution in [3.8, 4) is 5.75 Å². The van der Waals surface area contributed by atoms with E-state index in [1.165, 1.54) is 6.07 Å². The molecule has 0 heterocycles. The van der Waals surface area contributed by atoms with Crippen LogP contribution in [0.1, 0.15) is 28.4 Å². The number of nitrogens with one attached hydrogen (secondary N) is 3. The number of ether oxygens (including phenoxy) is 1. The Morgan fingerprint density at radius 3 is 2.43 bits per heavy atom. The van der Waals surface area contributed by atoms with Crippen molar-refractivity contribution in [2.45, 2.75) is 20.4 Å². The molecular weight excluding hydrogens is 359 g/mol. The number of aryl methyl sites for hydroxylation is 1. The number of carbonyl (C=O) groups is 1. The van der Waals surface area contributed by atoms with Gasteiger partial charge in [0.1, 0.15) is 11.6 Å². The van der Waals surface area contributed by atoms with Crippen LogP contribution in [0, 0.1) is 12.7 Å². The number of benzene rings is 2. The minimum atomic E-state index is -0.230. The van der Waals surface area contributed by atoms with Crippen LogP contribution in [0.25, 0.3) is 0 Å². The van der Waals surface area contributed by atoms with Crippen molar-refractivity contribution >= 4 is 11.9 Å². The van der Waals surface area contributed by atoms with Gasteiger partial charge in [0.2, 0.25) is 0 Å². The Labute approximate surface area is 165 Å². The molecule has 2 aromatic rings. The molecule has 0 saturated carbocycles.